The lowest BCUT2D eigenvalue weighted by molar-refractivity contribution is -0.141. The third kappa shape index (κ3) is 7.61. The number of amides is 2. The second kappa shape index (κ2) is 13.2. The Morgan fingerprint density at radius 1 is 0.912 bits per heavy atom. The van der Waals surface area contributed by atoms with Gasteiger partial charge >= 0.3 is 0 Å². The van der Waals surface area contributed by atoms with Crippen molar-refractivity contribution in [3.63, 3.8) is 0 Å². The molecule has 0 aliphatic heterocycles. The molecular weight excluding hydrogens is 467 g/mol. The smallest absolute Gasteiger partial charge is 0.243 e. The maximum atomic E-state index is 13.6. The van der Waals surface area contributed by atoms with Crippen LogP contribution in [-0.2, 0) is 29.0 Å². The zero-order valence-electron chi connectivity index (χ0n) is 19.3. The predicted molar refractivity (Wildman–Crippen MR) is 139 cm³/mol. The minimum atomic E-state index is -0.663. The third-order valence-corrected chi connectivity index (χ3v) is 6.23. The van der Waals surface area contributed by atoms with Gasteiger partial charge in [0.15, 0.2) is 0 Å². The molecule has 0 heterocycles. The molecule has 2 amide bonds. The number of nitrogens with zero attached hydrogens (tertiary/aromatic N) is 1. The summed E-state index contributed by atoms with van der Waals surface area (Å²) in [5.41, 5.74) is 2.82. The number of carbonyl (C=O) groups excluding carboxylic acids is 2. The van der Waals surface area contributed by atoms with Crippen molar-refractivity contribution in [3.05, 3.63) is 106 Å². The van der Waals surface area contributed by atoms with Gasteiger partial charge in [-0.2, -0.15) is 0 Å². The average molecular weight is 497 g/mol. The number of hydrogen-bond donors (Lipinski definition) is 1. The largest absolute Gasteiger partial charge is 0.354 e. The summed E-state index contributed by atoms with van der Waals surface area (Å²) in [6, 6.07) is 24.2. The normalized spacial score (nSPS) is 11.6. The van der Waals surface area contributed by atoms with Gasteiger partial charge in [-0.05, 0) is 41.7 Å². The zero-order chi connectivity index (χ0) is 24.3. The molecule has 1 N–H and O–H groups in total. The highest BCUT2D eigenvalue weighted by atomic mass is 35.5. The number of halogens is 2. The van der Waals surface area contributed by atoms with E-state index in [1.54, 1.807) is 17.0 Å². The van der Waals surface area contributed by atoms with Crippen LogP contribution in [0.2, 0.25) is 10.0 Å². The topological polar surface area (TPSA) is 49.4 Å². The van der Waals surface area contributed by atoms with Crippen molar-refractivity contribution in [2.75, 3.05) is 6.54 Å². The molecule has 0 aromatic heterocycles. The van der Waals surface area contributed by atoms with E-state index < -0.39 is 6.04 Å². The van der Waals surface area contributed by atoms with Gasteiger partial charge in [-0.25, -0.2) is 0 Å². The Balaban J connectivity index is 1.91. The Labute approximate surface area is 211 Å². The predicted octanol–water partition coefficient (Wildman–Crippen LogP) is 6.09. The highest BCUT2D eigenvalue weighted by molar-refractivity contribution is 6.35. The zero-order valence-corrected chi connectivity index (χ0v) is 20.9. The molecule has 0 unspecified atom stereocenters. The summed E-state index contributed by atoms with van der Waals surface area (Å²) in [5, 5.41) is 3.98. The van der Waals surface area contributed by atoms with E-state index in [1.807, 2.05) is 73.7 Å². The van der Waals surface area contributed by atoms with E-state index >= 15 is 0 Å². The van der Waals surface area contributed by atoms with Crippen molar-refractivity contribution in [1.82, 2.24) is 10.2 Å². The van der Waals surface area contributed by atoms with Gasteiger partial charge in [0.05, 0.1) is 0 Å². The number of aryl methyl sites for hydroxylation is 1. The van der Waals surface area contributed by atoms with Gasteiger partial charge in [0, 0.05) is 36.0 Å². The summed E-state index contributed by atoms with van der Waals surface area (Å²) in [5.74, 6) is -0.258. The number of hydrogen-bond acceptors (Lipinski definition) is 2. The van der Waals surface area contributed by atoms with Crippen LogP contribution in [0.3, 0.4) is 0 Å². The Bertz CT molecular complexity index is 1070. The molecule has 34 heavy (non-hydrogen) atoms. The summed E-state index contributed by atoms with van der Waals surface area (Å²) < 4.78 is 0. The van der Waals surface area contributed by atoms with E-state index in [0.29, 0.717) is 35.9 Å². The lowest BCUT2D eigenvalue weighted by Gasteiger charge is -2.32. The molecule has 0 saturated heterocycles. The molecule has 0 radical (unpaired) electrons. The van der Waals surface area contributed by atoms with Gasteiger partial charge in [0.2, 0.25) is 11.8 Å². The first-order chi connectivity index (χ1) is 16.5. The van der Waals surface area contributed by atoms with Crippen molar-refractivity contribution in [3.8, 4) is 0 Å². The van der Waals surface area contributed by atoms with Gasteiger partial charge in [-0.15, -0.1) is 0 Å². The fourth-order valence-electron chi connectivity index (χ4n) is 3.79. The van der Waals surface area contributed by atoms with Gasteiger partial charge in [0.1, 0.15) is 6.04 Å². The molecule has 0 aliphatic rings. The van der Waals surface area contributed by atoms with Gasteiger partial charge in [0.25, 0.3) is 0 Å². The van der Waals surface area contributed by atoms with Crippen molar-refractivity contribution < 1.29 is 9.59 Å². The highest BCUT2D eigenvalue weighted by Crippen LogP contribution is 2.24. The lowest BCUT2D eigenvalue weighted by atomic mass is 10.0. The molecule has 3 aromatic carbocycles. The van der Waals surface area contributed by atoms with Crippen LogP contribution < -0.4 is 5.32 Å². The van der Waals surface area contributed by atoms with E-state index in [0.717, 1.165) is 23.1 Å². The third-order valence-electron chi connectivity index (χ3n) is 5.65. The fourth-order valence-corrected chi connectivity index (χ4v) is 4.26. The highest BCUT2D eigenvalue weighted by Gasteiger charge is 2.30. The molecule has 4 nitrogen and oxygen atoms in total. The van der Waals surface area contributed by atoms with Crippen molar-refractivity contribution >= 4 is 35.0 Å². The molecule has 3 rings (SSSR count). The van der Waals surface area contributed by atoms with E-state index in [4.69, 9.17) is 23.2 Å². The standard InChI is InChI=1S/C28H30Cl2N2O2/c1-2-17-31-28(34)26(18-22-11-7-4-8-12-22)32(20-23-14-15-24(29)19-25(23)30)27(33)16-13-21-9-5-3-6-10-21/h3-12,14-15,19,26H,2,13,16-18,20H2,1H3,(H,31,34)/t26-/m1/s1. The summed E-state index contributed by atoms with van der Waals surface area (Å²) in [6.07, 6.45) is 2.12. The molecule has 0 aliphatic carbocycles. The summed E-state index contributed by atoms with van der Waals surface area (Å²) in [6.45, 7) is 2.78. The quantitative estimate of drug-likeness (QED) is 0.349. The van der Waals surface area contributed by atoms with Crippen LogP contribution in [0.1, 0.15) is 36.5 Å². The SMILES string of the molecule is CCCNC(=O)[C@@H](Cc1ccccc1)N(Cc1ccc(Cl)cc1Cl)C(=O)CCc1ccccc1. The van der Waals surface area contributed by atoms with Crippen molar-refractivity contribution in [2.45, 2.75) is 45.2 Å². The van der Waals surface area contributed by atoms with Crippen LogP contribution in [0.4, 0.5) is 0 Å². The van der Waals surface area contributed by atoms with E-state index in [1.165, 1.54) is 0 Å². The first-order valence-electron chi connectivity index (χ1n) is 11.6. The Kier molecular flexibility index (Phi) is 9.99. The van der Waals surface area contributed by atoms with Crippen LogP contribution in [-0.4, -0.2) is 29.3 Å². The molecule has 6 heteroatoms. The first-order valence-corrected chi connectivity index (χ1v) is 12.3. The average Bonchev–Trinajstić information content (AvgIpc) is 2.85. The number of rotatable bonds is 11. The molecule has 0 spiro atoms. The fraction of sp³-hybridized carbons (Fsp3) is 0.286. The molecular formula is C28H30Cl2N2O2. The van der Waals surface area contributed by atoms with Crippen LogP contribution in [0, 0.1) is 0 Å². The summed E-state index contributed by atoms with van der Waals surface area (Å²) in [4.78, 5) is 28.5. The maximum absolute atomic E-state index is 13.6. The van der Waals surface area contributed by atoms with E-state index in [2.05, 4.69) is 5.32 Å². The monoisotopic (exact) mass is 496 g/mol. The minimum Gasteiger partial charge on any atom is -0.354 e. The Hall–Kier alpha value is -2.82. The molecule has 1 atom stereocenters. The minimum absolute atomic E-state index is 0.0950. The van der Waals surface area contributed by atoms with Crippen molar-refractivity contribution in [1.29, 1.82) is 0 Å². The molecule has 0 bridgehead atoms. The Morgan fingerprint density at radius 2 is 1.56 bits per heavy atom. The van der Waals surface area contributed by atoms with Gasteiger partial charge < -0.3 is 10.2 Å². The second-order valence-corrected chi connectivity index (χ2v) is 9.08. The van der Waals surface area contributed by atoms with E-state index in [9.17, 15) is 9.59 Å². The number of nitrogens with one attached hydrogen (secondary N) is 1. The molecule has 178 valence electrons. The molecule has 3 aromatic rings. The van der Waals surface area contributed by atoms with Crippen LogP contribution in [0.25, 0.3) is 0 Å². The molecule has 0 fully saturated rings. The Morgan fingerprint density at radius 3 is 2.18 bits per heavy atom. The lowest BCUT2D eigenvalue weighted by Crippen LogP contribution is -2.50. The summed E-state index contributed by atoms with van der Waals surface area (Å²) >= 11 is 12.5. The summed E-state index contributed by atoms with van der Waals surface area (Å²) in [7, 11) is 0. The molecule has 0 saturated carbocycles. The second-order valence-electron chi connectivity index (χ2n) is 8.24. The van der Waals surface area contributed by atoms with Crippen LogP contribution in [0.5, 0.6) is 0 Å². The first kappa shape index (κ1) is 25.8. The number of benzene rings is 3. The van der Waals surface area contributed by atoms with Gasteiger partial charge in [-0.1, -0.05) is 96.9 Å². The number of carbonyl (C=O) groups is 2. The van der Waals surface area contributed by atoms with E-state index in [-0.39, 0.29) is 18.4 Å². The maximum Gasteiger partial charge on any atom is 0.243 e. The van der Waals surface area contributed by atoms with Gasteiger partial charge in [-0.3, -0.25) is 9.59 Å². The van der Waals surface area contributed by atoms with Crippen molar-refractivity contribution in [2.24, 2.45) is 0 Å². The van der Waals surface area contributed by atoms with Crippen LogP contribution >= 0.6 is 23.2 Å². The van der Waals surface area contributed by atoms with Crippen LogP contribution in [0.15, 0.2) is 78.9 Å².